The Kier molecular flexibility index (Phi) is 4.65. The number of hydrogen-bond acceptors (Lipinski definition) is 4. The molecule has 0 aliphatic carbocycles. The average Bonchev–Trinajstić information content (AvgIpc) is 3.27. The molecule has 0 fully saturated rings. The third-order valence-electron chi connectivity index (χ3n) is 4.56. The van der Waals surface area contributed by atoms with E-state index in [1.54, 1.807) is 35.3 Å². The van der Waals surface area contributed by atoms with Gasteiger partial charge in [-0.15, -0.1) is 0 Å². The van der Waals surface area contributed by atoms with E-state index in [4.69, 9.17) is 0 Å². The fraction of sp³-hybridized carbons (Fsp3) is 0.200. The van der Waals surface area contributed by atoms with E-state index in [-0.39, 0.29) is 17.9 Å². The van der Waals surface area contributed by atoms with Crippen LogP contribution in [0.4, 0.5) is 0 Å². The van der Waals surface area contributed by atoms with Crippen LogP contribution in [0, 0.1) is 0 Å². The number of rotatable bonds is 5. The number of benzene rings is 1. The van der Waals surface area contributed by atoms with E-state index in [0.29, 0.717) is 30.8 Å². The molecule has 3 heterocycles. The highest BCUT2D eigenvalue weighted by Gasteiger charge is 2.29. The molecule has 7 heteroatoms. The summed E-state index contributed by atoms with van der Waals surface area (Å²) >= 11 is 0. The summed E-state index contributed by atoms with van der Waals surface area (Å²) in [5.41, 5.74) is 2.81. The minimum Gasteiger partial charge on any atom is -0.348 e. The van der Waals surface area contributed by atoms with Crippen molar-refractivity contribution in [2.45, 2.75) is 25.6 Å². The van der Waals surface area contributed by atoms with Crippen molar-refractivity contribution in [3.63, 3.8) is 0 Å². The second kappa shape index (κ2) is 7.41. The smallest absolute Gasteiger partial charge is 0.270 e. The summed E-state index contributed by atoms with van der Waals surface area (Å²) in [6.07, 6.45) is 3.74. The lowest BCUT2D eigenvalue weighted by Gasteiger charge is -2.11. The van der Waals surface area contributed by atoms with Crippen molar-refractivity contribution in [3.05, 3.63) is 83.4 Å². The van der Waals surface area contributed by atoms with Gasteiger partial charge in [0.05, 0.1) is 30.0 Å². The largest absolute Gasteiger partial charge is 0.348 e. The van der Waals surface area contributed by atoms with Crippen LogP contribution in [0.3, 0.4) is 0 Å². The van der Waals surface area contributed by atoms with Crippen molar-refractivity contribution in [1.29, 1.82) is 0 Å². The molecule has 3 aromatic rings. The predicted molar refractivity (Wildman–Crippen MR) is 99.0 cm³/mol. The molecule has 0 saturated carbocycles. The second-order valence-electron chi connectivity index (χ2n) is 6.44. The van der Waals surface area contributed by atoms with E-state index >= 15 is 0 Å². The molecule has 1 aromatic carbocycles. The zero-order valence-electron chi connectivity index (χ0n) is 14.6. The molecule has 4 rings (SSSR count). The molecule has 0 saturated heterocycles. The molecule has 0 spiro atoms. The molecule has 1 aliphatic heterocycles. The van der Waals surface area contributed by atoms with Crippen LogP contribution in [0.1, 0.15) is 32.1 Å². The fourth-order valence-corrected chi connectivity index (χ4v) is 3.21. The lowest BCUT2D eigenvalue weighted by molar-refractivity contribution is 0.0930. The summed E-state index contributed by atoms with van der Waals surface area (Å²) in [6.45, 7) is 1.00. The van der Waals surface area contributed by atoms with Gasteiger partial charge in [-0.3, -0.25) is 19.3 Å². The Balaban J connectivity index is 1.38. The zero-order valence-corrected chi connectivity index (χ0v) is 14.6. The molecule has 1 atom stereocenters. The number of nitrogens with one attached hydrogen (secondary N) is 2. The maximum absolute atomic E-state index is 12.5. The Bertz CT molecular complexity index is 953. The Hall–Kier alpha value is -3.48. The van der Waals surface area contributed by atoms with Gasteiger partial charge in [-0.05, 0) is 17.7 Å². The molecular formula is C20H19N5O2. The number of amides is 2. The van der Waals surface area contributed by atoms with Crippen LogP contribution in [0.5, 0.6) is 0 Å². The highest BCUT2D eigenvalue weighted by atomic mass is 16.2. The third-order valence-corrected chi connectivity index (χ3v) is 4.56. The quantitative estimate of drug-likeness (QED) is 0.722. The van der Waals surface area contributed by atoms with Gasteiger partial charge < -0.3 is 10.6 Å². The van der Waals surface area contributed by atoms with Gasteiger partial charge >= 0.3 is 0 Å². The lowest BCUT2D eigenvalue weighted by atomic mass is 10.1. The fourth-order valence-electron chi connectivity index (χ4n) is 3.21. The summed E-state index contributed by atoms with van der Waals surface area (Å²) in [5, 5.41) is 10.2. The van der Waals surface area contributed by atoms with Gasteiger partial charge in [0, 0.05) is 19.2 Å². The van der Waals surface area contributed by atoms with Gasteiger partial charge in [0.1, 0.15) is 5.69 Å². The maximum Gasteiger partial charge on any atom is 0.270 e. The zero-order chi connectivity index (χ0) is 18.6. The first-order valence-corrected chi connectivity index (χ1v) is 8.79. The summed E-state index contributed by atoms with van der Waals surface area (Å²) in [6, 6.07) is 14.9. The molecule has 0 bridgehead atoms. The second-order valence-corrected chi connectivity index (χ2v) is 6.44. The number of fused-ring (bicyclic) bond motifs is 1. The highest BCUT2D eigenvalue weighted by molar-refractivity contribution is 5.95. The van der Waals surface area contributed by atoms with Crippen LogP contribution in [-0.2, 0) is 19.5 Å². The van der Waals surface area contributed by atoms with E-state index in [9.17, 15) is 9.59 Å². The summed E-state index contributed by atoms with van der Waals surface area (Å²) in [7, 11) is 0. The van der Waals surface area contributed by atoms with Gasteiger partial charge in [0.2, 0.25) is 0 Å². The number of pyridine rings is 1. The first-order valence-electron chi connectivity index (χ1n) is 8.79. The molecule has 136 valence electrons. The molecule has 27 heavy (non-hydrogen) atoms. The van der Waals surface area contributed by atoms with Gasteiger partial charge in [-0.1, -0.05) is 36.4 Å². The van der Waals surface area contributed by atoms with Crippen molar-refractivity contribution in [1.82, 2.24) is 25.4 Å². The van der Waals surface area contributed by atoms with E-state index < -0.39 is 0 Å². The first-order chi connectivity index (χ1) is 13.2. The SMILES string of the molecule is O=C(N[C@H]1Cc2c(C(=O)NCc3ccccc3)cnn2C1)c1ccccn1. The molecule has 2 N–H and O–H groups in total. The predicted octanol–water partition coefficient (Wildman–Crippen LogP) is 1.56. The van der Waals surface area contributed by atoms with Gasteiger partial charge in [-0.25, -0.2) is 0 Å². The lowest BCUT2D eigenvalue weighted by Crippen LogP contribution is -2.36. The average molecular weight is 361 g/mol. The van der Waals surface area contributed by atoms with Crippen molar-refractivity contribution in [2.24, 2.45) is 0 Å². The van der Waals surface area contributed by atoms with Crippen molar-refractivity contribution >= 4 is 11.8 Å². The van der Waals surface area contributed by atoms with E-state index in [2.05, 4.69) is 20.7 Å². The van der Waals surface area contributed by atoms with Crippen molar-refractivity contribution in [2.75, 3.05) is 0 Å². The standard InChI is InChI=1S/C20H19N5O2/c26-19(22-11-14-6-2-1-3-7-14)16-12-23-25-13-15(10-18(16)25)24-20(27)17-8-4-5-9-21-17/h1-9,12,15H,10-11,13H2,(H,22,26)(H,24,27)/t15-/m0/s1. The summed E-state index contributed by atoms with van der Waals surface area (Å²) < 4.78 is 1.78. The van der Waals surface area contributed by atoms with E-state index in [0.717, 1.165) is 11.3 Å². The van der Waals surface area contributed by atoms with Gasteiger partial charge in [-0.2, -0.15) is 5.10 Å². The number of carbonyl (C=O) groups is 2. The Labute approximate surface area is 156 Å². The summed E-state index contributed by atoms with van der Waals surface area (Å²) in [4.78, 5) is 28.9. The van der Waals surface area contributed by atoms with Crippen molar-refractivity contribution in [3.8, 4) is 0 Å². The molecule has 7 nitrogen and oxygen atoms in total. The number of nitrogens with zero attached hydrogens (tertiary/aromatic N) is 3. The number of aromatic nitrogens is 3. The molecule has 0 unspecified atom stereocenters. The van der Waals surface area contributed by atoms with Crippen LogP contribution in [0.2, 0.25) is 0 Å². The van der Waals surface area contributed by atoms with Crippen LogP contribution in [0.25, 0.3) is 0 Å². The van der Waals surface area contributed by atoms with Crippen LogP contribution in [-0.4, -0.2) is 32.6 Å². The highest BCUT2D eigenvalue weighted by Crippen LogP contribution is 2.19. The normalized spacial score (nSPS) is 15.2. The minimum absolute atomic E-state index is 0.108. The van der Waals surface area contributed by atoms with Gasteiger partial charge in [0.15, 0.2) is 0 Å². The van der Waals surface area contributed by atoms with E-state index in [1.807, 2.05) is 30.3 Å². The van der Waals surface area contributed by atoms with Gasteiger partial charge in [0.25, 0.3) is 11.8 Å². The molecule has 2 aromatic heterocycles. The summed E-state index contributed by atoms with van der Waals surface area (Å²) in [5.74, 6) is -0.377. The minimum atomic E-state index is -0.221. The Morgan fingerprint density at radius 1 is 1.07 bits per heavy atom. The van der Waals surface area contributed by atoms with Crippen LogP contribution >= 0.6 is 0 Å². The first kappa shape index (κ1) is 17.0. The third kappa shape index (κ3) is 3.72. The Morgan fingerprint density at radius 3 is 2.67 bits per heavy atom. The number of carbonyl (C=O) groups excluding carboxylic acids is 2. The Morgan fingerprint density at radius 2 is 1.89 bits per heavy atom. The van der Waals surface area contributed by atoms with Crippen LogP contribution < -0.4 is 10.6 Å². The molecule has 0 radical (unpaired) electrons. The number of hydrogen-bond donors (Lipinski definition) is 2. The monoisotopic (exact) mass is 361 g/mol. The molecule has 2 amide bonds. The molecular weight excluding hydrogens is 342 g/mol. The van der Waals surface area contributed by atoms with Crippen molar-refractivity contribution < 1.29 is 9.59 Å². The maximum atomic E-state index is 12.5. The molecule has 1 aliphatic rings. The van der Waals surface area contributed by atoms with E-state index in [1.165, 1.54) is 0 Å². The van der Waals surface area contributed by atoms with Crippen LogP contribution in [0.15, 0.2) is 60.9 Å². The topological polar surface area (TPSA) is 88.9 Å².